The fraction of sp³-hybridized carbons (Fsp3) is 0.143. The Morgan fingerprint density at radius 3 is 2.43 bits per heavy atom. The number of ketones is 1. The number of thiazole rings is 1. The molecule has 0 bridgehead atoms. The predicted molar refractivity (Wildman–Crippen MR) is 106 cm³/mol. The molecule has 0 saturated carbocycles. The van der Waals surface area contributed by atoms with Gasteiger partial charge in [-0.1, -0.05) is 0 Å². The molecule has 1 aliphatic rings. The molecular weight excluding hydrogens is 412 g/mol. The summed E-state index contributed by atoms with van der Waals surface area (Å²) in [6, 6.07) is 5.08. The standard InChI is InChI=1S/C21H15F2N3O3S/c1-10-20(30-11(2)25-10)18(27)16-17(12-5-7-24-8-6-12)26(21(29)19(16)28)13-3-4-14(22)15(23)9-13/h3-9,17,28H,1-2H3. The monoisotopic (exact) mass is 427 g/mol. The van der Waals surface area contributed by atoms with Crippen molar-refractivity contribution in [3.05, 3.63) is 86.8 Å². The van der Waals surface area contributed by atoms with Gasteiger partial charge in [-0.25, -0.2) is 13.8 Å². The van der Waals surface area contributed by atoms with Crippen LogP contribution in [-0.4, -0.2) is 26.8 Å². The van der Waals surface area contributed by atoms with E-state index in [0.717, 1.165) is 28.4 Å². The molecule has 30 heavy (non-hydrogen) atoms. The van der Waals surface area contributed by atoms with Crippen molar-refractivity contribution in [1.29, 1.82) is 0 Å². The topological polar surface area (TPSA) is 83.4 Å². The smallest absolute Gasteiger partial charge is 0.294 e. The summed E-state index contributed by atoms with van der Waals surface area (Å²) in [6.45, 7) is 3.41. The zero-order valence-electron chi connectivity index (χ0n) is 15.9. The van der Waals surface area contributed by atoms with Gasteiger partial charge in [0.1, 0.15) is 0 Å². The van der Waals surface area contributed by atoms with Gasteiger partial charge in [0.2, 0.25) is 5.78 Å². The fourth-order valence-corrected chi connectivity index (χ4v) is 4.34. The average molecular weight is 427 g/mol. The van der Waals surface area contributed by atoms with E-state index in [1.54, 1.807) is 26.0 Å². The maximum Gasteiger partial charge on any atom is 0.294 e. The van der Waals surface area contributed by atoms with Gasteiger partial charge in [-0.2, -0.15) is 0 Å². The summed E-state index contributed by atoms with van der Waals surface area (Å²) < 4.78 is 27.3. The van der Waals surface area contributed by atoms with Crippen molar-refractivity contribution >= 4 is 28.7 Å². The molecule has 1 aliphatic heterocycles. The van der Waals surface area contributed by atoms with Crippen LogP contribution >= 0.6 is 11.3 Å². The lowest BCUT2D eigenvalue weighted by molar-refractivity contribution is -0.117. The van der Waals surface area contributed by atoms with E-state index in [9.17, 15) is 23.5 Å². The van der Waals surface area contributed by atoms with Gasteiger partial charge in [0.05, 0.1) is 27.2 Å². The second kappa shape index (κ2) is 7.42. The van der Waals surface area contributed by atoms with Gasteiger partial charge in [-0.05, 0) is 43.7 Å². The third kappa shape index (κ3) is 3.17. The number of Topliss-reactive ketones (excluding diaryl/α,β-unsaturated/α-hetero) is 1. The molecule has 1 amide bonds. The van der Waals surface area contributed by atoms with Crippen LogP contribution in [0.4, 0.5) is 14.5 Å². The summed E-state index contributed by atoms with van der Waals surface area (Å²) in [4.78, 5) is 35.8. The number of hydrogen-bond donors (Lipinski definition) is 1. The maximum absolute atomic E-state index is 13.9. The molecule has 0 radical (unpaired) electrons. The van der Waals surface area contributed by atoms with Crippen LogP contribution < -0.4 is 4.90 Å². The molecule has 1 atom stereocenters. The number of benzene rings is 1. The first-order valence-electron chi connectivity index (χ1n) is 8.90. The molecule has 0 spiro atoms. The molecule has 4 rings (SSSR count). The Hall–Kier alpha value is -3.46. The number of carbonyl (C=O) groups excluding carboxylic acids is 2. The van der Waals surface area contributed by atoms with Gasteiger partial charge in [0, 0.05) is 24.1 Å². The summed E-state index contributed by atoms with van der Waals surface area (Å²) >= 11 is 1.15. The number of aromatic nitrogens is 2. The van der Waals surface area contributed by atoms with Crippen LogP contribution in [0.5, 0.6) is 0 Å². The molecule has 0 aliphatic carbocycles. The van der Waals surface area contributed by atoms with Crippen LogP contribution in [0.3, 0.4) is 0 Å². The van der Waals surface area contributed by atoms with Crippen molar-refractivity contribution < 1.29 is 23.5 Å². The Morgan fingerprint density at radius 1 is 1.13 bits per heavy atom. The van der Waals surface area contributed by atoms with Crippen molar-refractivity contribution in [3.8, 4) is 0 Å². The molecule has 152 valence electrons. The van der Waals surface area contributed by atoms with Gasteiger partial charge in [-0.15, -0.1) is 11.3 Å². The number of pyridine rings is 1. The number of halogens is 2. The summed E-state index contributed by atoms with van der Waals surface area (Å²) in [5.41, 5.74) is 0.819. The Kier molecular flexibility index (Phi) is 4.90. The van der Waals surface area contributed by atoms with Crippen LogP contribution in [0.25, 0.3) is 0 Å². The van der Waals surface area contributed by atoms with E-state index < -0.39 is 35.1 Å². The lowest BCUT2D eigenvalue weighted by Crippen LogP contribution is -2.31. The van der Waals surface area contributed by atoms with E-state index in [2.05, 4.69) is 9.97 Å². The Balaban J connectivity index is 1.90. The van der Waals surface area contributed by atoms with Gasteiger partial charge < -0.3 is 5.11 Å². The largest absolute Gasteiger partial charge is 0.503 e. The third-order valence-corrected chi connectivity index (χ3v) is 5.84. The average Bonchev–Trinajstić information content (AvgIpc) is 3.20. The molecule has 6 nitrogen and oxygen atoms in total. The number of aliphatic hydroxyl groups is 1. The Morgan fingerprint density at radius 2 is 1.83 bits per heavy atom. The SMILES string of the molecule is Cc1nc(C)c(C(=O)C2=C(O)C(=O)N(c3ccc(F)c(F)c3)C2c2ccncc2)s1. The normalized spacial score (nSPS) is 16.5. The summed E-state index contributed by atoms with van der Waals surface area (Å²) in [6.07, 6.45) is 2.95. The van der Waals surface area contributed by atoms with Crippen molar-refractivity contribution in [1.82, 2.24) is 9.97 Å². The Labute approximate surface area is 174 Å². The van der Waals surface area contributed by atoms with E-state index in [1.807, 2.05) is 0 Å². The fourth-order valence-electron chi connectivity index (χ4n) is 3.46. The third-order valence-electron chi connectivity index (χ3n) is 4.77. The molecule has 1 aromatic carbocycles. The Bertz CT molecular complexity index is 1210. The van der Waals surface area contributed by atoms with Crippen LogP contribution in [0.1, 0.15) is 32.0 Å². The van der Waals surface area contributed by atoms with Crippen molar-refractivity contribution in [3.63, 3.8) is 0 Å². The zero-order chi connectivity index (χ0) is 21.6. The molecule has 0 fully saturated rings. The molecule has 3 aromatic rings. The first-order chi connectivity index (χ1) is 14.3. The van der Waals surface area contributed by atoms with Crippen molar-refractivity contribution in [2.45, 2.75) is 19.9 Å². The number of hydrogen-bond acceptors (Lipinski definition) is 6. The van der Waals surface area contributed by atoms with Gasteiger partial charge in [0.15, 0.2) is 17.4 Å². The van der Waals surface area contributed by atoms with E-state index >= 15 is 0 Å². The molecule has 2 aromatic heterocycles. The lowest BCUT2D eigenvalue weighted by Gasteiger charge is -2.26. The minimum Gasteiger partial charge on any atom is -0.503 e. The maximum atomic E-state index is 13.9. The van der Waals surface area contributed by atoms with E-state index in [4.69, 9.17) is 0 Å². The number of anilines is 1. The van der Waals surface area contributed by atoms with Crippen LogP contribution in [0, 0.1) is 25.5 Å². The molecule has 3 heterocycles. The number of amides is 1. The summed E-state index contributed by atoms with van der Waals surface area (Å²) in [5, 5.41) is 11.3. The molecule has 1 unspecified atom stereocenters. The highest BCUT2D eigenvalue weighted by atomic mass is 32.1. The van der Waals surface area contributed by atoms with Crippen molar-refractivity contribution in [2.24, 2.45) is 0 Å². The number of carbonyl (C=O) groups is 2. The number of nitrogens with zero attached hydrogens (tertiary/aromatic N) is 3. The van der Waals surface area contributed by atoms with Gasteiger partial charge in [-0.3, -0.25) is 19.5 Å². The predicted octanol–water partition coefficient (Wildman–Crippen LogP) is 4.22. The van der Waals surface area contributed by atoms with Crippen LogP contribution in [-0.2, 0) is 4.79 Å². The van der Waals surface area contributed by atoms with Gasteiger partial charge in [0.25, 0.3) is 5.91 Å². The zero-order valence-corrected chi connectivity index (χ0v) is 16.7. The first-order valence-corrected chi connectivity index (χ1v) is 9.71. The quantitative estimate of drug-likeness (QED) is 0.631. The molecule has 1 N–H and O–H groups in total. The van der Waals surface area contributed by atoms with Crippen LogP contribution in [0.2, 0.25) is 0 Å². The van der Waals surface area contributed by atoms with E-state index in [0.29, 0.717) is 21.1 Å². The molecular formula is C21H15F2N3O3S. The first kappa shape index (κ1) is 19.8. The van der Waals surface area contributed by atoms with Crippen LogP contribution in [0.15, 0.2) is 54.1 Å². The minimum atomic E-state index is -1.15. The number of aryl methyl sites for hydroxylation is 2. The molecule has 9 heteroatoms. The summed E-state index contributed by atoms with van der Waals surface area (Å²) in [5.74, 6) is -4.39. The minimum absolute atomic E-state index is 0.00673. The number of aliphatic hydroxyl groups excluding tert-OH is 1. The van der Waals surface area contributed by atoms with E-state index in [-0.39, 0.29) is 11.3 Å². The summed E-state index contributed by atoms with van der Waals surface area (Å²) in [7, 11) is 0. The second-order valence-corrected chi connectivity index (χ2v) is 7.90. The van der Waals surface area contributed by atoms with Gasteiger partial charge >= 0.3 is 0 Å². The van der Waals surface area contributed by atoms with E-state index in [1.165, 1.54) is 18.5 Å². The number of rotatable bonds is 4. The highest BCUT2D eigenvalue weighted by molar-refractivity contribution is 7.14. The second-order valence-electron chi connectivity index (χ2n) is 6.70. The highest BCUT2D eigenvalue weighted by Crippen LogP contribution is 2.42. The van der Waals surface area contributed by atoms with Crippen molar-refractivity contribution in [2.75, 3.05) is 4.90 Å². The lowest BCUT2D eigenvalue weighted by atomic mass is 9.95. The highest BCUT2D eigenvalue weighted by Gasteiger charge is 2.45. The molecule has 0 saturated heterocycles.